The number of hydrogen-bond acceptors (Lipinski definition) is 2. The van der Waals surface area contributed by atoms with Crippen LogP contribution in [0.4, 0.5) is 0 Å². The standard InChI is InChI=1S/C18H23N3O/c1-12-6-4-5-7-17(12)21-13(2)10-16(14(21)3)18(22)20-15-8-9-19-11-15/h4-7,10,15,19H,8-9,11H2,1-3H3,(H,20,22). The summed E-state index contributed by atoms with van der Waals surface area (Å²) in [5.74, 6) is 0.0293. The minimum atomic E-state index is 0.0293. The van der Waals surface area contributed by atoms with E-state index in [1.807, 2.05) is 32.0 Å². The molecule has 2 N–H and O–H groups in total. The molecule has 3 rings (SSSR count). The summed E-state index contributed by atoms with van der Waals surface area (Å²) >= 11 is 0. The Balaban J connectivity index is 1.93. The van der Waals surface area contributed by atoms with Crippen LogP contribution in [0.3, 0.4) is 0 Å². The average molecular weight is 297 g/mol. The molecule has 1 aromatic heterocycles. The zero-order valence-electron chi connectivity index (χ0n) is 13.4. The maximum Gasteiger partial charge on any atom is 0.253 e. The number of nitrogens with one attached hydrogen (secondary N) is 2. The fourth-order valence-corrected chi connectivity index (χ4v) is 3.22. The predicted molar refractivity (Wildman–Crippen MR) is 88.7 cm³/mol. The highest BCUT2D eigenvalue weighted by Crippen LogP contribution is 2.23. The summed E-state index contributed by atoms with van der Waals surface area (Å²) in [6, 6.07) is 10.5. The van der Waals surface area contributed by atoms with Crippen LogP contribution >= 0.6 is 0 Å². The van der Waals surface area contributed by atoms with E-state index >= 15 is 0 Å². The lowest BCUT2D eigenvalue weighted by Crippen LogP contribution is -2.36. The first kappa shape index (κ1) is 14.9. The maximum absolute atomic E-state index is 12.6. The average Bonchev–Trinajstić information content (AvgIpc) is 3.08. The van der Waals surface area contributed by atoms with Gasteiger partial charge in [0.1, 0.15) is 0 Å². The van der Waals surface area contributed by atoms with E-state index in [0.717, 1.165) is 42.1 Å². The third-order valence-electron chi connectivity index (χ3n) is 4.43. The first-order valence-corrected chi connectivity index (χ1v) is 7.84. The maximum atomic E-state index is 12.6. The zero-order chi connectivity index (χ0) is 15.7. The highest BCUT2D eigenvalue weighted by Gasteiger charge is 2.21. The van der Waals surface area contributed by atoms with Gasteiger partial charge in [0.2, 0.25) is 0 Å². The van der Waals surface area contributed by atoms with E-state index in [-0.39, 0.29) is 11.9 Å². The molecule has 4 heteroatoms. The predicted octanol–water partition coefficient (Wildman–Crippen LogP) is 2.49. The van der Waals surface area contributed by atoms with Gasteiger partial charge in [0.05, 0.1) is 5.56 Å². The van der Waals surface area contributed by atoms with Crippen LogP contribution in [-0.4, -0.2) is 29.6 Å². The Bertz CT molecular complexity index is 696. The van der Waals surface area contributed by atoms with Gasteiger partial charge in [-0.3, -0.25) is 4.79 Å². The van der Waals surface area contributed by atoms with E-state index in [4.69, 9.17) is 0 Å². The van der Waals surface area contributed by atoms with E-state index < -0.39 is 0 Å². The van der Waals surface area contributed by atoms with Crippen LogP contribution in [0.15, 0.2) is 30.3 Å². The van der Waals surface area contributed by atoms with Crippen LogP contribution in [-0.2, 0) is 0 Å². The smallest absolute Gasteiger partial charge is 0.253 e. The van der Waals surface area contributed by atoms with Crippen molar-refractivity contribution < 1.29 is 4.79 Å². The number of rotatable bonds is 3. The second-order valence-electron chi connectivity index (χ2n) is 6.07. The molecule has 0 saturated carbocycles. The number of carbonyl (C=O) groups excluding carboxylic acids is 1. The SMILES string of the molecule is Cc1ccccc1-n1c(C)cc(C(=O)NC2CCNC2)c1C. The van der Waals surface area contributed by atoms with Crippen molar-refractivity contribution in [3.63, 3.8) is 0 Å². The molecule has 2 heterocycles. The molecule has 1 atom stereocenters. The lowest BCUT2D eigenvalue weighted by atomic mass is 10.2. The van der Waals surface area contributed by atoms with Crippen LogP contribution in [0.5, 0.6) is 0 Å². The van der Waals surface area contributed by atoms with Crippen LogP contribution < -0.4 is 10.6 Å². The Hall–Kier alpha value is -2.07. The molecular formula is C18H23N3O. The van der Waals surface area contributed by atoms with Gasteiger partial charge in [0.25, 0.3) is 5.91 Å². The van der Waals surface area contributed by atoms with Crippen molar-refractivity contribution in [3.8, 4) is 5.69 Å². The molecule has 4 nitrogen and oxygen atoms in total. The summed E-state index contributed by atoms with van der Waals surface area (Å²) in [6.45, 7) is 8.00. The number of hydrogen-bond donors (Lipinski definition) is 2. The van der Waals surface area contributed by atoms with Crippen molar-refractivity contribution in [2.45, 2.75) is 33.2 Å². The van der Waals surface area contributed by atoms with Crippen molar-refractivity contribution in [2.75, 3.05) is 13.1 Å². The van der Waals surface area contributed by atoms with Gasteiger partial charge in [0, 0.05) is 29.7 Å². The van der Waals surface area contributed by atoms with Crippen LogP contribution in [0.1, 0.15) is 33.7 Å². The molecule has 1 saturated heterocycles. The normalized spacial score (nSPS) is 17.7. The molecule has 0 spiro atoms. The molecule has 1 aromatic carbocycles. The van der Waals surface area contributed by atoms with E-state index in [1.165, 1.54) is 5.56 Å². The zero-order valence-corrected chi connectivity index (χ0v) is 13.4. The number of benzene rings is 1. The Labute approximate surface area is 131 Å². The number of para-hydroxylation sites is 1. The molecule has 22 heavy (non-hydrogen) atoms. The quantitative estimate of drug-likeness (QED) is 0.914. The second kappa shape index (κ2) is 5.97. The van der Waals surface area contributed by atoms with Gasteiger partial charge < -0.3 is 15.2 Å². The summed E-state index contributed by atoms with van der Waals surface area (Å²) in [6.07, 6.45) is 1.00. The molecule has 1 aliphatic rings. The van der Waals surface area contributed by atoms with Crippen molar-refractivity contribution in [1.29, 1.82) is 0 Å². The highest BCUT2D eigenvalue weighted by atomic mass is 16.1. The molecule has 0 radical (unpaired) electrons. The molecular weight excluding hydrogens is 274 g/mol. The first-order valence-electron chi connectivity index (χ1n) is 7.84. The van der Waals surface area contributed by atoms with Crippen molar-refractivity contribution in [2.24, 2.45) is 0 Å². The number of aromatic nitrogens is 1. The Morgan fingerprint density at radius 1 is 1.27 bits per heavy atom. The summed E-state index contributed by atoms with van der Waals surface area (Å²) < 4.78 is 2.16. The van der Waals surface area contributed by atoms with Gasteiger partial charge in [-0.05, 0) is 51.4 Å². The van der Waals surface area contributed by atoms with Crippen LogP contribution in [0.25, 0.3) is 5.69 Å². The van der Waals surface area contributed by atoms with Gasteiger partial charge in [0.15, 0.2) is 0 Å². The van der Waals surface area contributed by atoms with Crippen molar-refractivity contribution >= 4 is 5.91 Å². The van der Waals surface area contributed by atoms with Gasteiger partial charge in [-0.25, -0.2) is 0 Å². The van der Waals surface area contributed by atoms with Gasteiger partial charge >= 0.3 is 0 Å². The molecule has 0 aliphatic carbocycles. The Morgan fingerprint density at radius 2 is 2.05 bits per heavy atom. The molecule has 116 valence electrons. The fourth-order valence-electron chi connectivity index (χ4n) is 3.22. The van der Waals surface area contributed by atoms with Crippen LogP contribution in [0, 0.1) is 20.8 Å². The molecule has 1 fully saturated rings. The van der Waals surface area contributed by atoms with Gasteiger partial charge in [-0.1, -0.05) is 18.2 Å². The number of aryl methyl sites for hydroxylation is 2. The Morgan fingerprint density at radius 3 is 2.73 bits per heavy atom. The molecule has 2 aromatic rings. The van der Waals surface area contributed by atoms with E-state index in [0.29, 0.717) is 0 Å². The third-order valence-corrected chi connectivity index (χ3v) is 4.43. The first-order chi connectivity index (χ1) is 10.6. The summed E-state index contributed by atoms with van der Waals surface area (Å²) in [4.78, 5) is 12.6. The van der Waals surface area contributed by atoms with Gasteiger partial charge in [-0.2, -0.15) is 0 Å². The van der Waals surface area contributed by atoms with E-state index in [9.17, 15) is 4.79 Å². The summed E-state index contributed by atoms with van der Waals surface area (Å²) in [5.41, 5.74) is 5.19. The number of carbonyl (C=O) groups is 1. The largest absolute Gasteiger partial charge is 0.348 e. The minimum Gasteiger partial charge on any atom is -0.348 e. The molecule has 1 unspecified atom stereocenters. The van der Waals surface area contributed by atoms with E-state index in [2.05, 4.69) is 34.3 Å². The fraction of sp³-hybridized carbons (Fsp3) is 0.389. The highest BCUT2D eigenvalue weighted by molar-refractivity contribution is 5.96. The number of amides is 1. The van der Waals surface area contributed by atoms with Crippen LogP contribution in [0.2, 0.25) is 0 Å². The topological polar surface area (TPSA) is 46.1 Å². The number of nitrogens with zero attached hydrogens (tertiary/aromatic N) is 1. The molecule has 0 bridgehead atoms. The third kappa shape index (κ3) is 2.66. The Kier molecular flexibility index (Phi) is 4.03. The molecule has 1 amide bonds. The second-order valence-corrected chi connectivity index (χ2v) is 6.07. The minimum absolute atomic E-state index is 0.0293. The monoisotopic (exact) mass is 297 g/mol. The summed E-state index contributed by atoms with van der Waals surface area (Å²) in [7, 11) is 0. The van der Waals surface area contributed by atoms with Crippen molar-refractivity contribution in [1.82, 2.24) is 15.2 Å². The summed E-state index contributed by atoms with van der Waals surface area (Å²) in [5, 5.41) is 6.40. The lowest BCUT2D eigenvalue weighted by Gasteiger charge is -2.14. The van der Waals surface area contributed by atoms with E-state index in [1.54, 1.807) is 0 Å². The molecule has 1 aliphatic heterocycles. The van der Waals surface area contributed by atoms with Crippen molar-refractivity contribution in [3.05, 3.63) is 52.8 Å². The lowest BCUT2D eigenvalue weighted by molar-refractivity contribution is 0.0939. The van der Waals surface area contributed by atoms with Gasteiger partial charge in [-0.15, -0.1) is 0 Å².